The van der Waals surface area contributed by atoms with E-state index in [4.69, 9.17) is 0 Å². The molecule has 3 aliphatic rings. The van der Waals surface area contributed by atoms with Crippen LogP contribution in [0.1, 0.15) is 56.5 Å². The molecule has 0 radical (unpaired) electrons. The summed E-state index contributed by atoms with van der Waals surface area (Å²) in [7, 11) is 0. The minimum Gasteiger partial charge on any atom is -0.329 e. The summed E-state index contributed by atoms with van der Waals surface area (Å²) in [6, 6.07) is 13.2. The van der Waals surface area contributed by atoms with Crippen LogP contribution in [0, 0.1) is 0 Å². The van der Waals surface area contributed by atoms with Crippen LogP contribution in [0.25, 0.3) is 0 Å². The van der Waals surface area contributed by atoms with Gasteiger partial charge in [0.15, 0.2) is 0 Å². The lowest BCUT2D eigenvalue weighted by Crippen LogP contribution is -2.51. The zero-order chi connectivity index (χ0) is 25.1. The average molecular weight is 522 g/mol. The molecule has 7 nitrogen and oxygen atoms in total. The van der Waals surface area contributed by atoms with Gasteiger partial charge in [-0.1, -0.05) is 24.3 Å². The second-order valence-electron chi connectivity index (χ2n) is 9.07. The molecule has 3 amide bonds. The molecule has 2 atom stereocenters. The van der Waals surface area contributed by atoms with Crippen molar-refractivity contribution in [3.05, 3.63) is 76.0 Å². The van der Waals surface area contributed by atoms with Crippen molar-refractivity contribution in [3.8, 4) is 0 Å². The zero-order valence-corrected chi connectivity index (χ0v) is 21.3. The van der Waals surface area contributed by atoms with Crippen LogP contribution in [0.5, 0.6) is 0 Å². The van der Waals surface area contributed by atoms with Crippen LogP contribution in [0.15, 0.2) is 59.3 Å². The van der Waals surface area contributed by atoms with Gasteiger partial charge < -0.3 is 15.1 Å². The number of aldehydes is 1. The van der Waals surface area contributed by atoms with Gasteiger partial charge in [0.2, 0.25) is 11.8 Å². The summed E-state index contributed by atoms with van der Waals surface area (Å²) in [4.78, 5) is 54.0. The molecule has 9 heteroatoms. The SMILES string of the molecule is O=Cc1ccc(C(=O)N2CCC[C@@H]2C(=O)N2CCC[C@@H]2C(=O)Nc2ccc(C3SC=CS3)cc2)cc1. The molecule has 0 bridgehead atoms. The van der Waals surface area contributed by atoms with E-state index in [9.17, 15) is 19.2 Å². The Morgan fingerprint density at radius 1 is 0.833 bits per heavy atom. The highest BCUT2D eigenvalue weighted by molar-refractivity contribution is 8.21. The molecule has 0 aliphatic carbocycles. The van der Waals surface area contributed by atoms with E-state index in [1.54, 1.807) is 57.6 Å². The van der Waals surface area contributed by atoms with Gasteiger partial charge in [-0.3, -0.25) is 19.2 Å². The molecule has 5 rings (SSSR count). The number of nitrogens with one attached hydrogen (secondary N) is 1. The van der Waals surface area contributed by atoms with Crippen molar-refractivity contribution < 1.29 is 19.2 Å². The molecule has 0 aromatic heterocycles. The van der Waals surface area contributed by atoms with Crippen molar-refractivity contribution in [2.24, 2.45) is 0 Å². The molecule has 186 valence electrons. The molecular formula is C27H27N3O4S2. The molecular weight excluding hydrogens is 494 g/mol. The van der Waals surface area contributed by atoms with Crippen LogP contribution in [0.2, 0.25) is 0 Å². The second kappa shape index (κ2) is 10.9. The predicted molar refractivity (Wildman–Crippen MR) is 143 cm³/mol. The van der Waals surface area contributed by atoms with E-state index in [1.807, 2.05) is 24.3 Å². The highest BCUT2D eigenvalue weighted by Gasteiger charge is 2.42. The fourth-order valence-corrected chi connectivity index (χ4v) is 7.05. The third-order valence-electron chi connectivity index (χ3n) is 6.84. The zero-order valence-electron chi connectivity index (χ0n) is 19.7. The van der Waals surface area contributed by atoms with Gasteiger partial charge >= 0.3 is 0 Å². The maximum Gasteiger partial charge on any atom is 0.254 e. The normalized spacial score (nSPS) is 21.7. The number of likely N-dealkylation sites (tertiary alicyclic amines) is 2. The summed E-state index contributed by atoms with van der Waals surface area (Å²) in [5.41, 5.74) is 2.84. The minimum atomic E-state index is -0.578. The van der Waals surface area contributed by atoms with Crippen molar-refractivity contribution in [2.75, 3.05) is 18.4 Å². The third-order valence-corrected chi connectivity index (χ3v) is 9.31. The first kappa shape index (κ1) is 24.6. The van der Waals surface area contributed by atoms with Crippen molar-refractivity contribution in [2.45, 2.75) is 42.3 Å². The van der Waals surface area contributed by atoms with Gasteiger partial charge in [0.25, 0.3) is 5.91 Å². The number of carbonyl (C=O) groups excluding carboxylic acids is 4. The lowest BCUT2D eigenvalue weighted by atomic mass is 10.1. The number of rotatable bonds is 6. The minimum absolute atomic E-state index is 0.166. The number of carbonyl (C=O) groups is 4. The van der Waals surface area contributed by atoms with Gasteiger partial charge in [-0.25, -0.2) is 0 Å². The molecule has 2 aromatic carbocycles. The molecule has 0 saturated carbocycles. The Hall–Kier alpha value is -3.04. The second-order valence-corrected chi connectivity index (χ2v) is 11.4. The standard InChI is InChI=1S/C27H27N3O4S2/c31-17-18-5-7-19(8-6-18)25(33)30-14-2-4-23(30)26(34)29-13-1-3-22(29)24(32)28-21-11-9-20(10-12-21)27-35-15-16-36-27/h5-12,15-17,22-23,27H,1-4,13-14H2,(H,28,32)/t22-,23-/m1/s1. The molecule has 1 N–H and O–H groups in total. The Bertz CT molecular complexity index is 1170. The Balaban J connectivity index is 1.24. The van der Waals surface area contributed by atoms with E-state index in [-0.39, 0.29) is 17.7 Å². The van der Waals surface area contributed by atoms with Crippen LogP contribution in [0.3, 0.4) is 0 Å². The molecule has 3 aliphatic heterocycles. The van der Waals surface area contributed by atoms with E-state index in [2.05, 4.69) is 16.1 Å². The van der Waals surface area contributed by atoms with Crippen LogP contribution < -0.4 is 5.32 Å². The Morgan fingerprint density at radius 2 is 1.47 bits per heavy atom. The summed E-state index contributed by atoms with van der Waals surface area (Å²) in [5.74, 6) is -0.585. The maximum atomic E-state index is 13.5. The topological polar surface area (TPSA) is 86.8 Å². The van der Waals surface area contributed by atoms with Gasteiger partial charge in [-0.15, -0.1) is 23.5 Å². The summed E-state index contributed by atoms with van der Waals surface area (Å²) in [6.45, 7) is 1.00. The summed E-state index contributed by atoms with van der Waals surface area (Å²) in [5, 5.41) is 7.14. The molecule has 2 fully saturated rings. The highest BCUT2D eigenvalue weighted by atomic mass is 32.2. The number of nitrogens with zero attached hydrogens (tertiary/aromatic N) is 2. The molecule has 0 unspecified atom stereocenters. The predicted octanol–water partition coefficient (Wildman–Crippen LogP) is 4.68. The fraction of sp³-hybridized carbons (Fsp3) is 0.333. The van der Waals surface area contributed by atoms with E-state index in [1.165, 1.54) is 5.56 Å². The first-order valence-corrected chi connectivity index (χ1v) is 14.0. The van der Waals surface area contributed by atoms with Crippen molar-refractivity contribution in [3.63, 3.8) is 0 Å². The maximum absolute atomic E-state index is 13.5. The lowest BCUT2D eigenvalue weighted by Gasteiger charge is -2.31. The average Bonchev–Trinajstić information content (AvgIpc) is 3.70. The van der Waals surface area contributed by atoms with Crippen LogP contribution >= 0.6 is 23.5 Å². The number of benzene rings is 2. The van der Waals surface area contributed by atoms with E-state index in [0.717, 1.165) is 19.1 Å². The van der Waals surface area contributed by atoms with E-state index in [0.29, 0.717) is 47.3 Å². The summed E-state index contributed by atoms with van der Waals surface area (Å²) < 4.78 is 0.345. The van der Waals surface area contributed by atoms with Crippen LogP contribution in [-0.4, -0.2) is 59.0 Å². The van der Waals surface area contributed by atoms with Crippen LogP contribution in [0.4, 0.5) is 5.69 Å². The van der Waals surface area contributed by atoms with Crippen molar-refractivity contribution in [1.82, 2.24) is 9.80 Å². The molecule has 3 heterocycles. The van der Waals surface area contributed by atoms with Gasteiger partial charge in [0, 0.05) is 29.9 Å². The number of hydrogen-bond donors (Lipinski definition) is 1. The van der Waals surface area contributed by atoms with Gasteiger partial charge in [0.05, 0.1) is 4.58 Å². The molecule has 2 saturated heterocycles. The fourth-order valence-electron chi connectivity index (χ4n) is 4.98. The van der Waals surface area contributed by atoms with Crippen LogP contribution in [-0.2, 0) is 9.59 Å². The summed E-state index contributed by atoms with van der Waals surface area (Å²) in [6.07, 6.45) is 3.40. The van der Waals surface area contributed by atoms with Gasteiger partial charge in [-0.2, -0.15) is 0 Å². The third kappa shape index (κ3) is 5.08. The molecule has 2 aromatic rings. The molecule has 36 heavy (non-hydrogen) atoms. The Labute approximate surface area is 218 Å². The highest BCUT2D eigenvalue weighted by Crippen LogP contribution is 2.46. The Kier molecular flexibility index (Phi) is 7.48. The number of hydrogen-bond acceptors (Lipinski definition) is 6. The number of anilines is 1. The van der Waals surface area contributed by atoms with Crippen molar-refractivity contribution >= 4 is 53.2 Å². The largest absolute Gasteiger partial charge is 0.329 e. The van der Waals surface area contributed by atoms with Gasteiger partial charge in [0.1, 0.15) is 18.4 Å². The first-order chi connectivity index (χ1) is 17.5. The summed E-state index contributed by atoms with van der Waals surface area (Å²) >= 11 is 3.52. The van der Waals surface area contributed by atoms with Gasteiger partial charge in [-0.05, 0) is 66.3 Å². The smallest absolute Gasteiger partial charge is 0.254 e. The quantitative estimate of drug-likeness (QED) is 0.556. The monoisotopic (exact) mass is 521 g/mol. The van der Waals surface area contributed by atoms with E-state index < -0.39 is 12.1 Å². The number of amides is 3. The first-order valence-electron chi connectivity index (χ1n) is 12.1. The van der Waals surface area contributed by atoms with Crippen molar-refractivity contribution in [1.29, 1.82) is 0 Å². The number of thioether (sulfide) groups is 2. The van der Waals surface area contributed by atoms with E-state index >= 15 is 0 Å². The Morgan fingerprint density at radius 3 is 2.14 bits per heavy atom. The molecule has 0 spiro atoms. The lowest BCUT2D eigenvalue weighted by molar-refractivity contribution is -0.139.